The van der Waals surface area contributed by atoms with E-state index in [1.807, 2.05) is 38.1 Å². The van der Waals surface area contributed by atoms with Crippen molar-refractivity contribution in [3.63, 3.8) is 0 Å². The number of carbonyl (C=O) groups excluding carboxylic acids is 1. The summed E-state index contributed by atoms with van der Waals surface area (Å²) in [6, 6.07) is 14.5. The molecule has 0 aliphatic heterocycles. The molecule has 0 radical (unpaired) electrons. The molecule has 0 fully saturated rings. The van der Waals surface area contributed by atoms with Crippen LogP contribution in [0.15, 0.2) is 58.1 Å². The number of benzene rings is 2. The zero-order valence-electron chi connectivity index (χ0n) is 15.7. The Morgan fingerprint density at radius 3 is 2.41 bits per heavy atom. The van der Waals surface area contributed by atoms with Crippen LogP contribution in [0.3, 0.4) is 0 Å². The molecule has 140 valence electrons. The summed E-state index contributed by atoms with van der Waals surface area (Å²) < 4.78 is 2.51. The van der Waals surface area contributed by atoms with Gasteiger partial charge >= 0.3 is 5.69 Å². The highest BCUT2D eigenvalue weighted by Gasteiger charge is 2.16. The van der Waals surface area contributed by atoms with Crippen LogP contribution in [0, 0.1) is 6.92 Å². The smallest absolute Gasteiger partial charge is 0.331 e. The molecule has 3 rings (SSSR count). The van der Waals surface area contributed by atoms with E-state index in [1.54, 1.807) is 31.2 Å². The predicted molar refractivity (Wildman–Crippen MR) is 106 cm³/mol. The summed E-state index contributed by atoms with van der Waals surface area (Å²) in [6.45, 7) is 5.75. The molecule has 1 amide bonds. The number of aromatic nitrogens is 2. The lowest BCUT2D eigenvalue weighted by Crippen LogP contribution is -2.42. The van der Waals surface area contributed by atoms with E-state index in [0.717, 1.165) is 15.7 Å². The Morgan fingerprint density at radius 1 is 1.04 bits per heavy atom. The maximum absolute atomic E-state index is 12.7. The first-order valence-corrected chi connectivity index (χ1v) is 9.01. The van der Waals surface area contributed by atoms with Crippen LogP contribution in [-0.2, 0) is 17.9 Å². The third-order valence-corrected chi connectivity index (χ3v) is 4.78. The summed E-state index contributed by atoms with van der Waals surface area (Å²) >= 11 is 0. The molecule has 1 unspecified atom stereocenters. The highest BCUT2D eigenvalue weighted by molar-refractivity contribution is 5.81. The molecule has 0 bridgehead atoms. The monoisotopic (exact) mass is 365 g/mol. The number of para-hydroxylation sites is 1. The van der Waals surface area contributed by atoms with Gasteiger partial charge in [-0.3, -0.25) is 18.7 Å². The van der Waals surface area contributed by atoms with Gasteiger partial charge in [0.15, 0.2) is 0 Å². The lowest BCUT2D eigenvalue weighted by Gasteiger charge is -2.18. The van der Waals surface area contributed by atoms with Gasteiger partial charge in [0.2, 0.25) is 5.91 Å². The first kappa shape index (κ1) is 18.6. The average Bonchev–Trinajstić information content (AvgIpc) is 2.66. The molecule has 1 N–H and O–H groups in total. The number of hydrogen-bond donors (Lipinski definition) is 1. The van der Waals surface area contributed by atoms with E-state index in [0.29, 0.717) is 10.9 Å². The van der Waals surface area contributed by atoms with Gasteiger partial charge in [-0.05, 0) is 44.0 Å². The molecule has 1 atom stereocenters. The van der Waals surface area contributed by atoms with Gasteiger partial charge in [0.25, 0.3) is 5.56 Å². The van der Waals surface area contributed by atoms with Crippen molar-refractivity contribution in [2.75, 3.05) is 0 Å². The summed E-state index contributed by atoms with van der Waals surface area (Å²) in [7, 11) is 0. The second kappa shape index (κ2) is 7.61. The first-order valence-electron chi connectivity index (χ1n) is 9.01. The van der Waals surface area contributed by atoms with E-state index in [-0.39, 0.29) is 30.6 Å². The van der Waals surface area contributed by atoms with Crippen LogP contribution < -0.4 is 16.6 Å². The van der Waals surface area contributed by atoms with E-state index >= 15 is 0 Å². The van der Waals surface area contributed by atoms with Gasteiger partial charge in [0, 0.05) is 6.54 Å². The van der Waals surface area contributed by atoms with Gasteiger partial charge in [-0.15, -0.1) is 0 Å². The average molecular weight is 365 g/mol. The van der Waals surface area contributed by atoms with Crippen molar-refractivity contribution in [1.82, 2.24) is 14.5 Å². The third-order valence-electron chi connectivity index (χ3n) is 4.78. The maximum Gasteiger partial charge on any atom is 0.331 e. The summed E-state index contributed by atoms with van der Waals surface area (Å²) in [5.41, 5.74) is 1.79. The molecule has 0 saturated carbocycles. The molecule has 3 aromatic rings. The standard InChI is InChI=1S/C21H23N3O3/c1-4-23-20(26)17-11-7-8-12-18(17)24(21(23)27)13-19(25)22-15(3)16-10-6-5-9-14(16)2/h5-12,15H,4,13H2,1-3H3,(H,22,25). The molecule has 1 aromatic heterocycles. The molecular formula is C21H23N3O3. The fraction of sp³-hybridized carbons (Fsp3) is 0.286. The van der Waals surface area contributed by atoms with E-state index in [4.69, 9.17) is 0 Å². The summed E-state index contributed by atoms with van der Waals surface area (Å²) in [5, 5.41) is 3.37. The van der Waals surface area contributed by atoms with Crippen LogP contribution >= 0.6 is 0 Å². The molecule has 1 heterocycles. The molecule has 2 aromatic carbocycles. The highest BCUT2D eigenvalue weighted by atomic mass is 16.2. The van der Waals surface area contributed by atoms with Crippen molar-refractivity contribution >= 4 is 16.8 Å². The van der Waals surface area contributed by atoms with Gasteiger partial charge in [-0.1, -0.05) is 36.4 Å². The maximum atomic E-state index is 12.7. The Bertz CT molecular complexity index is 1110. The zero-order chi connectivity index (χ0) is 19.6. The number of nitrogens with one attached hydrogen (secondary N) is 1. The van der Waals surface area contributed by atoms with Crippen molar-refractivity contribution in [2.24, 2.45) is 0 Å². The molecule has 0 spiro atoms. The van der Waals surface area contributed by atoms with Gasteiger partial charge in [-0.25, -0.2) is 4.79 Å². The van der Waals surface area contributed by atoms with E-state index < -0.39 is 5.69 Å². The van der Waals surface area contributed by atoms with Crippen LogP contribution in [0.5, 0.6) is 0 Å². The summed E-state index contributed by atoms with van der Waals surface area (Å²) in [5.74, 6) is -0.278. The number of hydrogen-bond acceptors (Lipinski definition) is 3. The number of aryl methyl sites for hydroxylation is 1. The minimum Gasteiger partial charge on any atom is -0.348 e. The van der Waals surface area contributed by atoms with Gasteiger partial charge < -0.3 is 5.32 Å². The Balaban J connectivity index is 1.95. The number of nitrogens with zero attached hydrogens (tertiary/aromatic N) is 2. The van der Waals surface area contributed by atoms with Crippen molar-refractivity contribution in [2.45, 2.75) is 39.9 Å². The Morgan fingerprint density at radius 2 is 1.70 bits per heavy atom. The molecule has 6 nitrogen and oxygen atoms in total. The van der Waals surface area contributed by atoms with Crippen molar-refractivity contribution in [3.8, 4) is 0 Å². The van der Waals surface area contributed by atoms with Crippen molar-refractivity contribution < 1.29 is 4.79 Å². The number of amides is 1. The molecule has 0 aliphatic rings. The van der Waals surface area contributed by atoms with Crippen LogP contribution in [0.25, 0.3) is 10.9 Å². The molecular weight excluding hydrogens is 342 g/mol. The largest absolute Gasteiger partial charge is 0.348 e. The molecule has 6 heteroatoms. The second-order valence-corrected chi connectivity index (χ2v) is 6.58. The fourth-order valence-corrected chi connectivity index (χ4v) is 3.38. The van der Waals surface area contributed by atoms with E-state index in [1.165, 1.54) is 4.57 Å². The van der Waals surface area contributed by atoms with Crippen molar-refractivity contribution in [1.29, 1.82) is 0 Å². The minimum atomic E-state index is -0.472. The first-order chi connectivity index (χ1) is 12.9. The van der Waals surface area contributed by atoms with Gasteiger partial charge in [-0.2, -0.15) is 0 Å². The van der Waals surface area contributed by atoms with Crippen LogP contribution in [0.4, 0.5) is 0 Å². The SMILES string of the molecule is CCn1c(=O)c2ccccc2n(CC(=O)NC(C)c2ccccc2C)c1=O. The van der Waals surface area contributed by atoms with E-state index in [9.17, 15) is 14.4 Å². The number of fused-ring (bicyclic) bond motifs is 1. The zero-order valence-corrected chi connectivity index (χ0v) is 15.7. The molecule has 27 heavy (non-hydrogen) atoms. The van der Waals surface area contributed by atoms with Crippen molar-refractivity contribution in [3.05, 3.63) is 80.5 Å². The summed E-state index contributed by atoms with van der Waals surface area (Å²) in [4.78, 5) is 37.8. The second-order valence-electron chi connectivity index (χ2n) is 6.58. The lowest BCUT2D eigenvalue weighted by molar-refractivity contribution is -0.122. The Hall–Kier alpha value is -3.15. The van der Waals surface area contributed by atoms with Gasteiger partial charge in [0.1, 0.15) is 6.54 Å². The Labute approximate surface area is 157 Å². The Kier molecular flexibility index (Phi) is 5.26. The quantitative estimate of drug-likeness (QED) is 0.754. The van der Waals surface area contributed by atoms with Crippen LogP contribution in [-0.4, -0.2) is 15.0 Å². The fourth-order valence-electron chi connectivity index (χ4n) is 3.38. The van der Waals surface area contributed by atoms with Crippen LogP contribution in [0.1, 0.15) is 31.0 Å². The molecule has 0 aliphatic carbocycles. The van der Waals surface area contributed by atoms with E-state index in [2.05, 4.69) is 5.32 Å². The molecule has 0 saturated heterocycles. The highest BCUT2D eigenvalue weighted by Crippen LogP contribution is 2.16. The number of rotatable bonds is 5. The topological polar surface area (TPSA) is 73.1 Å². The number of carbonyl (C=O) groups is 1. The lowest BCUT2D eigenvalue weighted by atomic mass is 10.0. The minimum absolute atomic E-state index is 0.143. The van der Waals surface area contributed by atoms with Gasteiger partial charge in [0.05, 0.1) is 16.9 Å². The third kappa shape index (κ3) is 3.56. The normalized spacial score (nSPS) is 12.1. The predicted octanol–water partition coefficient (Wildman–Crippen LogP) is 2.37. The van der Waals surface area contributed by atoms with Crippen LogP contribution in [0.2, 0.25) is 0 Å². The summed E-state index contributed by atoms with van der Waals surface area (Å²) in [6.07, 6.45) is 0.